The Bertz CT molecular complexity index is 697. The summed E-state index contributed by atoms with van der Waals surface area (Å²) in [6, 6.07) is 0. The fraction of sp³-hybridized carbons (Fsp3) is 0.455. The average molecular weight is 265 g/mol. The molecule has 0 fully saturated rings. The molecule has 0 aliphatic rings. The summed E-state index contributed by atoms with van der Waals surface area (Å²) in [7, 11) is 0. The molecule has 0 aromatic carbocycles. The molecule has 0 bridgehead atoms. The number of hydrogen-bond donors (Lipinski definition) is 1. The van der Waals surface area contributed by atoms with Gasteiger partial charge in [0.15, 0.2) is 0 Å². The van der Waals surface area contributed by atoms with E-state index in [0.717, 1.165) is 11.0 Å². The number of nitrogen functional groups attached to an aromatic ring is 1. The van der Waals surface area contributed by atoms with Crippen LogP contribution in [0.3, 0.4) is 0 Å². The number of hydrogen-bond acceptors (Lipinski definition) is 6. The van der Waals surface area contributed by atoms with Gasteiger partial charge in [-0.15, -0.1) is 0 Å². The highest BCUT2D eigenvalue weighted by Crippen LogP contribution is 2.01. The Morgan fingerprint density at radius 1 is 1.37 bits per heavy atom. The smallest absolute Gasteiger partial charge is 0.331 e. The molecule has 0 saturated heterocycles. The molecule has 19 heavy (non-hydrogen) atoms. The monoisotopic (exact) mass is 265 g/mol. The molecule has 0 atom stereocenters. The Morgan fingerprint density at radius 2 is 2.11 bits per heavy atom. The molecular weight excluding hydrogens is 250 g/mol. The Morgan fingerprint density at radius 3 is 2.68 bits per heavy atom. The van der Waals surface area contributed by atoms with Crippen molar-refractivity contribution in [2.75, 3.05) is 5.73 Å². The predicted molar refractivity (Wildman–Crippen MR) is 67.8 cm³/mol. The maximum atomic E-state index is 12.2. The van der Waals surface area contributed by atoms with Gasteiger partial charge in [-0.1, -0.05) is 17.2 Å². The van der Waals surface area contributed by atoms with Crippen LogP contribution in [0.5, 0.6) is 0 Å². The van der Waals surface area contributed by atoms with Crippen LogP contribution in [-0.2, 0) is 13.1 Å². The Kier molecular flexibility index (Phi) is 3.50. The minimum atomic E-state index is -0.528. The molecule has 0 radical (unpaired) electrons. The second-order valence-corrected chi connectivity index (χ2v) is 4.25. The normalized spacial score (nSPS) is 10.8. The van der Waals surface area contributed by atoms with Gasteiger partial charge in [0.1, 0.15) is 17.1 Å². The standard InChI is InChI=1S/C11H15N5O3/c1-3-4-15-5-8(12)10(17)16(11(15)18)6-9-7(2)13-19-14-9/h5H,3-4,6,12H2,1-2H3. The minimum absolute atomic E-state index is 0.00174. The van der Waals surface area contributed by atoms with E-state index < -0.39 is 11.2 Å². The summed E-state index contributed by atoms with van der Waals surface area (Å²) in [6.07, 6.45) is 2.14. The van der Waals surface area contributed by atoms with E-state index in [0.29, 0.717) is 17.9 Å². The maximum Gasteiger partial charge on any atom is 0.331 e. The van der Waals surface area contributed by atoms with Crippen LogP contribution in [0.4, 0.5) is 5.69 Å². The summed E-state index contributed by atoms with van der Waals surface area (Å²) in [5.41, 5.74) is 5.70. The highest BCUT2D eigenvalue weighted by Gasteiger charge is 2.13. The molecule has 2 aromatic rings. The van der Waals surface area contributed by atoms with Gasteiger partial charge in [-0.05, 0) is 13.3 Å². The third-order valence-electron chi connectivity index (χ3n) is 2.78. The van der Waals surface area contributed by atoms with Gasteiger partial charge in [0.25, 0.3) is 5.56 Å². The summed E-state index contributed by atoms with van der Waals surface area (Å²) in [6.45, 7) is 4.12. The highest BCUT2D eigenvalue weighted by atomic mass is 16.6. The highest BCUT2D eigenvalue weighted by molar-refractivity contribution is 5.31. The first-order valence-corrected chi connectivity index (χ1v) is 5.92. The lowest BCUT2D eigenvalue weighted by Gasteiger charge is -2.09. The molecule has 2 aromatic heterocycles. The zero-order chi connectivity index (χ0) is 14.0. The largest absolute Gasteiger partial charge is 0.393 e. The van der Waals surface area contributed by atoms with E-state index in [2.05, 4.69) is 14.9 Å². The zero-order valence-electron chi connectivity index (χ0n) is 10.8. The first-order chi connectivity index (χ1) is 9.04. The molecule has 2 N–H and O–H groups in total. The van der Waals surface area contributed by atoms with E-state index >= 15 is 0 Å². The van der Waals surface area contributed by atoms with E-state index in [1.54, 1.807) is 6.92 Å². The van der Waals surface area contributed by atoms with Gasteiger partial charge in [0.05, 0.1) is 6.54 Å². The van der Waals surface area contributed by atoms with E-state index in [9.17, 15) is 9.59 Å². The predicted octanol–water partition coefficient (Wildman–Crippen LogP) is -0.258. The topological polar surface area (TPSA) is 109 Å². The van der Waals surface area contributed by atoms with E-state index in [4.69, 9.17) is 5.73 Å². The van der Waals surface area contributed by atoms with Crippen LogP contribution in [0, 0.1) is 6.92 Å². The average Bonchev–Trinajstić information content (AvgIpc) is 2.77. The maximum absolute atomic E-state index is 12.2. The molecule has 0 aliphatic carbocycles. The fourth-order valence-electron chi connectivity index (χ4n) is 1.76. The zero-order valence-corrected chi connectivity index (χ0v) is 10.8. The van der Waals surface area contributed by atoms with Gasteiger partial charge in [-0.3, -0.25) is 13.9 Å². The molecule has 0 aliphatic heterocycles. The van der Waals surface area contributed by atoms with Crippen molar-refractivity contribution in [2.24, 2.45) is 0 Å². The molecule has 2 rings (SSSR count). The summed E-state index contributed by atoms with van der Waals surface area (Å²) >= 11 is 0. The number of aryl methyl sites for hydroxylation is 2. The molecule has 0 unspecified atom stereocenters. The van der Waals surface area contributed by atoms with Gasteiger partial charge in [-0.25, -0.2) is 9.42 Å². The van der Waals surface area contributed by atoms with Gasteiger partial charge in [-0.2, -0.15) is 0 Å². The Hall–Kier alpha value is -2.38. The molecule has 0 amide bonds. The lowest BCUT2D eigenvalue weighted by atomic mass is 10.3. The summed E-state index contributed by atoms with van der Waals surface area (Å²) in [5, 5.41) is 7.28. The van der Waals surface area contributed by atoms with E-state index in [-0.39, 0.29) is 12.2 Å². The van der Waals surface area contributed by atoms with Crippen molar-refractivity contribution in [3.05, 3.63) is 38.4 Å². The second-order valence-electron chi connectivity index (χ2n) is 4.25. The Balaban J connectivity index is 2.53. The fourth-order valence-corrected chi connectivity index (χ4v) is 1.76. The van der Waals surface area contributed by atoms with Crippen LogP contribution in [0.2, 0.25) is 0 Å². The summed E-state index contributed by atoms with van der Waals surface area (Å²) in [5.74, 6) is 0. The van der Waals surface area contributed by atoms with Gasteiger partial charge in [0.2, 0.25) is 0 Å². The number of rotatable bonds is 4. The summed E-state index contributed by atoms with van der Waals surface area (Å²) < 4.78 is 7.01. The SMILES string of the molecule is CCCn1cc(N)c(=O)n(Cc2nonc2C)c1=O. The van der Waals surface area contributed by atoms with Crippen LogP contribution >= 0.6 is 0 Å². The molecule has 8 nitrogen and oxygen atoms in total. The number of nitrogens with zero attached hydrogens (tertiary/aromatic N) is 4. The summed E-state index contributed by atoms with van der Waals surface area (Å²) in [4.78, 5) is 24.1. The third-order valence-corrected chi connectivity index (χ3v) is 2.78. The molecule has 102 valence electrons. The van der Waals surface area contributed by atoms with E-state index in [1.165, 1.54) is 10.8 Å². The minimum Gasteiger partial charge on any atom is -0.393 e. The van der Waals surface area contributed by atoms with Crippen molar-refractivity contribution >= 4 is 5.69 Å². The number of anilines is 1. The van der Waals surface area contributed by atoms with Crippen molar-refractivity contribution in [1.82, 2.24) is 19.4 Å². The van der Waals surface area contributed by atoms with Gasteiger partial charge >= 0.3 is 5.69 Å². The van der Waals surface area contributed by atoms with Crippen molar-refractivity contribution in [2.45, 2.75) is 33.4 Å². The first kappa shape index (κ1) is 13.1. The van der Waals surface area contributed by atoms with Crippen molar-refractivity contribution in [3.8, 4) is 0 Å². The molecule has 0 saturated carbocycles. The lowest BCUT2D eigenvalue weighted by Crippen LogP contribution is -2.41. The van der Waals surface area contributed by atoms with Crippen LogP contribution < -0.4 is 17.0 Å². The number of nitrogens with two attached hydrogens (primary N) is 1. The number of aromatic nitrogens is 4. The van der Waals surface area contributed by atoms with Gasteiger partial charge in [0, 0.05) is 12.7 Å². The van der Waals surface area contributed by atoms with Crippen LogP contribution in [-0.4, -0.2) is 19.4 Å². The van der Waals surface area contributed by atoms with Crippen molar-refractivity contribution < 1.29 is 4.63 Å². The third kappa shape index (κ3) is 2.42. The lowest BCUT2D eigenvalue weighted by molar-refractivity contribution is 0.300. The first-order valence-electron chi connectivity index (χ1n) is 5.92. The molecule has 2 heterocycles. The van der Waals surface area contributed by atoms with Crippen LogP contribution in [0.1, 0.15) is 24.7 Å². The van der Waals surface area contributed by atoms with Crippen LogP contribution in [0.15, 0.2) is 20.4 Å². The molecule has 8 heteroatoms. The van der Waals surface area contributed by atoms with Crippen LogP contribution in [0.25, 0.3) is 0 Å². The Labute approximate surface area is 108 Å². The van der Waals surface area contributed by atoms with Gasteiger partial charge < -0.3 is 5.73 Å². The molecule has 0 spiro atoms. The van der Waals surface area contributed by atoms with Crippen molar-refractivity contribution in [3.63, 3.8) is 0 Å². The second kappa shape index (κ2) is 5.09. The van der Waals surface area contributed by atoms with E-state index in [1.807, 2.05) is 6.92 Å². The molecular formula is C11H15N5O3. The van der Waals surface area contributed by atoms with Crippen molar-refractivity contribution in [1.29, 1.82) is 0 Å². The quantitative estimate of drug-likeness (QED) is 0.815.